The monoisotopic (exact) mass is 405 g/mol. The lowest BCUT2D eigenvalue weighted by Gasteiger charge is -2.04. The van der Waals surface area contributed by atoms with E-state index >= 15 is 0 Å². The molecule has 3 aromatic rings. The summed E-state index contributed by atoms with van der Waals surface area (Å²) in [6.07, 6.45) is 1.46. The summed E-state index contributed by atoms with van der Waals surface area (Å²) >= 11 is 4.37. The van der Waals surface area contributed by atoms with Crippen LogP contribution < -0.4 is 10.9 Å². The zero-order chi connectivity index (χ0) is 21.0. The first-order chi connectivity index (χ1) is 13.9. The molecule has 0 saturated heterocycles. The molecule has 7 nitrogen and oxygen atoms in total. The minimum Gasteiger partial charge on any atom is -0.459 e. The van der Waals surface area contributed by atoms with Crippen molar-refractivity contribution in [2.75, 3.05) is 5.32 Å². The molecule has 2 aromatic heterocycles. The number of anilines is 1. The van der Waals surface area contributed by atoms with Crippen molar-refractivity contribution in [2.24, 2.45) is 4.36 Å². The van der Waals surface area contributed by atoms with E-state index in [1.54, 1.807) is 44.2 Å². The second-order valence-electron chi connectivity index (χ2n) is 6.16. The van der Waals surface area contributed by atoms with E-state index in [0.717, 1.165) is 5.56 Å². The van der Waals surface area contributed by atoms with Crippen LogP contribution in [0.3, 0.4) is 0 Å². The van der Waals surface area contributed by atoms with Gasteiger partial charge in [-0.05, 0) is 44.2 Å². The van der Waals surface area contributed by atoms with Crippen LogP contribution in [0.2, 0.25) is 0 Å². The van der Waals surface area contributed by atoms with Crippen LogP contribution in [-0.2, 0) is 12.4 Å². The molecule has 3 rings (SSSR count). The van der Waals surface area contributed by atoms with E-state index in [1.807, 2.05) is 0 Å². The molecule has 0 saturated carbocycles. The number of benzene rings is 1. The van der Waals surface area contributed by atoms with E-state index < -0.39 is 11.5 Å². The number of rotatable bonds is 3. The second kappa shape index (κ2) is 8.46. The lowest BCUT2D eigenvalue weighted by Crippen LogP contribution is -2.18. The summed E-state index contributed by atoms with van der Waals surface area (Å²) in [6, 6.07) is 10.0. The fraction of sp³-hybridized carbons (Fsp3) is 0.0952. The topological polar surface area (TPSA) is 105 Å². The molecule has 1 aromatic carbocycles. The first kappa shape index (κ1) is 19.9. The molecule has 0 aliphatic carbocycles. The van der Waals surface area contributed by atoms with Gasteiger partial charge in [-0.1, -0.05) is 17.9 Å². The van der Waals surface area contributed by atoms with Crippen molar-refractivity contribution < 1.29 is 14.0 Å². The minimum atomic E-state index is -0.790. The number of hydrogen-bond acceptors (Lipinski definition) is 5. The molecule has 0 bridgehead atoms. The summed E-state index contributed by atoms with van der Waals surface area (Å²) in [6.45, 7) is 3.46. The van der Waals surface area contributed by atoms with Crippen molar-refractivity contribution in [1.82, 2.24) is 4.98 Å². The van der Waals surface area contributed by atoms with Crippen LogP contribution >= 0.6 is 0 Å². The lowest BCUT2D eigenvalue weighted by molar-refractivity contribution is 0.0991. The minimum absolute atomic E-state index is 0.162. The molecule has 0 spiro atoms. The van der Waals surface area contributed by atoms with Crippen LogP contribution in [0, 0.1) is 25.7 Å². The van der Waals surface area contributed by atoms with Gasteiger partial charge in [0.15, 0.2) is 5.76 Å². The molecular weight excluding hydrogens is 390 g/mol. The molecule has 2 amide bonds. The zero-order valence-corrected chi connectivity index (χ0v) is 16.3. The summed E-state index contributed by atoms with van der Waals surface area (Å²) in [7, 11) is 0. The Bertz CT molecular complexity index is 1240. The molecule has 2 heterocycles. The third kappa shape index (κ3) is 4.54. The van der Waals surface area contributed by atoms with Crippen molar-refractivity contribution in [1.29, 1.82) is 0 Å². The molecule has 29 heavy (non-hydrogen) atoms. The van der Waals surface area contributed by atoms with Gasteiger partial charge in [0.2, 0.25) is 0 Å². The number of furan rings is 1. The van der Waals surface area contributed by atoms with Crippen molar-refractivity contribution in [3.63, 3.8) is 0 Å². The third-order valence-electron chi connectivity index (χ3n) is 4.08. The molecule has 0 fully saturated rings. The number of amides is 2. The van der Waals surface area contributed by atoms with Crippen LogP contribution in [0.25, 0.3) is 0 Å². The van der Waals surface area contributed by atoms with Gasteiger partial charge in [-0.25, -0.2) is 0 Å². The highest BCUT2D eigenvalue weighted by Crippen LogP contribution is 2.15. The van der Waals surface area contributed by atoms with E-state index in [-0.39, 0.29) is 17.2 Å². The largest absolute Gasteiger partial charge is 0.459 e. The normalized spacial score (nSPS) is 10.0. The van der Waals surface area contributed by atoms with Crippen LogP contribution in [0.5, 0.6) is 0 Å². The summed E-state index contributed by atoms with van der Waals surface area (Å²) in [5, 5.41) is 2.76. The Morgan fingerprint density at radius 1 is 1.17 bits per heavy atom. The molecule has 0 radical (unpaired) electrons. The Kier molecular flexibility index (Phi) is 5.81. The lowest BCUT2D eigenvalue weighted by atomic mass is 10.1. The molecule has 0 unspecified atom stereocenters. The van der Waals surface area contributed by atoms with Gasteiger partial charge in [0, 0.05) is 40.5 Å². The first-order valence-corrected chi connectivity index (χ1v) is 8.84. The highest BCUT2D eigenvalue weighted by atomic mass is 32.1. The number of aromatic nitrogens is 1. The summed E-state index contributed by atoms with van der Waals surface area (Å²) in [5.74, 6) is 4.96. The maximum atomic E-state index is 12.3. The molecule has 2 N–H and O–H groups in total. The number of nitrogens with one attached hydrogen (secondary N) is 2. The highest BCUT2D eigenvalue weighted by molar-refractivity contribution is 7.47. The fourth-order valence-corrected chi connectivity index (χ4v) is 2.67. The van der Waals surface area contributed by atoms with Gasteiger partial charge >= 0.3 is 0 Å². The third-order valence-corrected chi connectivity index (χ3v) is 4.25. The number of carbonyl (C=O) groups excluding carboxylic acids is 2. The average Bonchev–Trinajstić information content (AvgIpc) is 3.13. The summed E-state index contributed by atoms with van der Waals surface area (Å²) in [4.78, 5) is 38.3. The van der Waals surface area contributed by atoms with Crippen molar-refractivity contribution in [3.8, 4) is 11.8 Å². The highest BCUT2D eigenvalue weighted by Gasteiger charge is 2.13. The Balaban J connectivity index is 1.87. The average molecular weight is 405 g/mol. The van der Waals surface area contributed by atoms with E-state index in [2.05, 4.69) is 38.9 Å². The number of H-pyrrole nitrogens is 1. The first-order valence-electron chi connectivity index (χ1n) is 8.48. The molecule has 144 valence electrons. The van der Waals surface area contributed by atoms with E-state index in [4.69, 9.17) is 4.42 Å². The van der Waals surface area contributed by atoms with Gasteiger partial charge in [-0.2, -0.15) is 0 Å². The SMILES string of the molecule is Cc1ccoc1C(=O)Nc1cccc(C#Cc2cc(C(=O)N=S)c(=O)[nH]c2C)c1. The summed E-state index contributed by atoms with van der Waals surface area (Å²) < 4.78 is 8.29. The van der Waals surface area contributed by atoms with Gasteiger partial charge in [-0.15, -0.1) is 4.36 Å². The number of pyridine rings is 1. The smallest absolute Gasteiger partial charge is 0.293 e. The predicted octanol–water partition coefficient (Wildman–Crippen LogP) is 3.11. The number of carbonyl (C=O) groups is 2. The van der Waals surface area contributed by atoms with Crippen LogP contribution in [0.1, 0.15) is 43.3 Å². The van der Waals surface area contributed by atoms with Gasteiger partial charge in [0.05, 0.1) is 6.26 Å². The number of aromatic amines is 1. The maximum Gasteiger partial charge on any atom is 0.293 e. The van der Waals surface area contributed by atoms with Gasteiger partial charge < -0.3 is 14.7 Å². The fourth-order valence-electron chi connectivity index (χ4n) is 2.57. The van der Waals surface area contributed by atoms with Crippen molar-refractivity contribution in [3.05, 3.63) is 86.7 Å². The van der Waals surface area contributed by atoms with Gasteiger partial charge in [0.1, 0.15) is 5.56 Å². The zero-order valence-electron chi connectivity index (χ0n) is 15.5. The Hall–Kier alpha value is -3.83. The predicted molar refractivity (Wildman–Crippen MR) is 110 cm³/mol. The molecule has 0 atom stereocenters. The molecule has 0 aliphatic rings. The quantitative estimate of drug-likeness (QED) is 0.652. The van der Waals surface area contributed by atoms with Crippen LogP contribution in [0.4, 0.5) is 5.69 Å². The Morgan fingerprint density at radius 2 is 1.97 bits per heavy atom. The standard InChI is InChI=1S/C21H15N3O4S/c1-12-8-9-28-18(12)21(27)23-16-5-3-4-14(10-16)6-7-15-11-17(20(26)24-29)19(25)22-13(15)2/h3-5,8-11H,1-2H3,(H,22,25)(H,23,27). The Labute approximate surface area is 171 Å². The Morgan fingerprint density at radius 3 is 2.66 bits per heavy atom. The van der Waals surface area contributed by atoms with Crippen LogP contribution in [-0.4, -0.2) is 16.8 Å². The molecule has 0 aliphatic heterocycles. The van der Waals surface area contributed by atoms with Gasteiger partial charge in [0.25, 0.3) is 17.4 Å². The van der Waals surface area contributed by atoms with E-state index in [0.29, 0.717) is 22.5 Å². The number of hydrogen-bond donors (Lipinski definition) is 2. The van der Waals surface area contributed by atoms with Crippen LogP contribution in [0.15, 0.2) is 56.2 Å². The molecular formula is C21H15N3O4S. The van der Waals surface area contributed by atoms with E-state index in [1.165, 1.54) is 12.3 Å². The maximum absolute atomic E-state index is 12.3. The molecule has 8 heteroatoms. The van der Waals surface area contributed by atoms with E-state index in [9.17, 15) is 14.4 Å². The van der Waals surface area contributed by atoms with Crippen molar-refractivity contribution in [2.45, 2.75) is 13.8 Å². The number of aryl methyl sites for hydroxylation is 2. The summed E-state index contributed by atoms with van der Waals surface area (Å²) in [5.41, 5.74) is 2.17. The van der Waals surface area contributed by atoms with Crippen molar-refractivity contribution >= 4 is 29.9 Å². The van der Waals surface area contributed by atoms with Gasteiger partial charge in [-0.3, -0.25) is 14.4 Å². The number of nitrogens with zero attached hydrogens (tertiary/aromatic N) is 1. The second-order valence-corrected chi connectivity index (χ2v) is 6.35.